The fourth-order valence-corrected chi connectivity index (χ4v) is 3.49. The Bertz CT molecular complexity index is 799. The highest BCUT2D eigenvalue weighted by molar-refractivity contribution is 14.1. The highest BCUT2D eigenvalue weighted by atomic mass is 127. The van der Waals surface area contributed by atoms with Crippen molar-refractivity contribution in [3.8, 4) is 5.75 Å². The number of nitrogens with two attached hydrogens (primary N) is 1. The summed E-state index contributed by atoms with van der Waals surface area (Å²) in [5, 5.41) is 0.968. The second kappa shape index (κ2) is 5.76. The van der Waals surface area contributed by atoms with Crippen LogP contribution in [0.4, 0.5) is 5.82 Å². The molecule has 0 saturated carbocycles. The first-order chi connectivity index (χ1) is 10.0. The molecule has 3 aromatic rings. The van der Waals surface area contributed by atoms with E-state index in [1.165, 1.54) is 8.45 Å². The van der Waals surface area contributed by atoms with Crippen LogP contribution in [0.15, 0.2) is 24.3 Å². The molecule has 2 N–H and O–H groups in total. The van der Waals surface area contributed by atoms with Crippen molar-refractivity contribution < 1.29 is 4.74 Å². The fraction of sp³-hybridized carbons (Fsp3) is 0.200. The molecule has 4 nitrogen and oxygen atoms in total. The third-order valence-electron chi connectivity index (χ3n) is 3.28. The summed E-state index contributed by atoms with van der Waals surface area (Å²) >= 11 is 3.90. The van der Waals surface area contributed by atoms with Gasteiger partial charge < -0.3 is 10.5 Å². The average molecular weight is 411 g/mol. The Balaban J connectivity index is 1.86. The van der Waals surface area contributed by atoms with E-state index in [0.29, 0.717) is 18.2 Å². The summed E-state index contributed by atoms with van der Waals surface area (Å²) in [6.07, 6.45) is 0. The van der Waals surface area contributed by atoms with E-state index >= 15 is 0 Å². The summed E-state index contributed by atoms with van der Waals surface area (Å²) in [7, 11) is 0. The van der Waals surface area contributed by atoms with E-state index in [0.717, 1.165) is 21.5 Å². The molecule has 0 amide bonds. The van der Waals surface area contributed by atoms with Crippen molar-refractivity contribution in [1.82, 2.24) is 9.97 Å². The number of nitrogen functional groups attached to an aromatic ring is 1. The Morgan fingerprint density at radius 1 is 1.19 bits per heavy atom. The van der Waals surface area contributed by atoms with Crippen LogP contribution in [0.1, 0.15) is 16.3 Å². The summed E-state index contributed by atoms with van der Waals surface area (Å²) in [6.45, 7) is 4.44. The van der Waals surface area contributed by atoms with E-state index in [4.69, 9.17) is 10.5 Å². The van der Waals surface area contributed by atoms with Crippen LogP contribution in [0.3, 0.4) is 0 Å². The van der Waals surface area contributed by atoms with Crippen LogP contribution in [0, 0.1) is 17.4 Å². The van der Waals surface area contributed by atoms with Crippen LogP contribution in [-0.2, 0) is 6.61 Å². The number of nitrogens with zero attached hydrogens (tertiary/aromatic N) is 2. The number of benzene rings is 1. The van der Waals surface area contributed by atoms with Gasteiger partial charge in [-0.3, -0.25) is 0 Å². The topological polar surface area (TPSA) is 61.0 Å². The monoisotopic (exact) mass is 411 g/mol. The lowest BCUT2D eigenvalue weighted by molar-refractivity contribution is 0.296. The van der Waals surface area contributed by atoms with Gasteiger partial charge in [0.2, 0.25) is 0 Å². The average Bonchev–Trinajstić information content (AvgIpc) is 2.74. The van der Waals surface area contributed by atoms with Crippen LogP contribution < -0.4 is 10.5 Å². The molecule has 2 heterocycles. The molecule has 0 fully saturated rings. The number of ether oxygens (including phenoxy) is 1. The van der Waals surface area contributed by atoms with Crippen LogP contribution in [0.25, 0.3) is 10.2 Å². The van der Waals surface area contributed by atoms with Crippen LogP contribution in [-0.4, -0.2) is 9.97 Å². The molecule has 0 radical (unpaired) electrons. The minimum atomic E-state index is 0.316. The van der Waals surface area contributed by atoms with Gasteiger partial charge in [-0.05, 0) is 66.3 Å². The standard InChI is InChI=1S/C15H14IN3OS/c1-8-9(2)21-15-13(8)14(17)18-12(19-15)7-20-11-5-3-10(16)4-6-11/h3-6H,7H2,1-2H3,(H2,17,18,19). The smallest absolute Gasteiger partial charge is 0.169 e. The molecule has 0 aliphatic rings. The summed E-state index contributed by atoms with van der Waals surface area (Å²) in [5.74, 6) is 1.94. The number of hydrogen-bond donors (Lipinski definition) is 1. The Morgan fingerprint density at radius 3 is 2.62 bits per heavy atom. The maximum atomic E-state index is 6.06. The van der Waals surface area contributed by atoms with Gasteiger partial charge in [0.1, 0.15) is 23.0 Å². The van der Waals surface area contributed by atoms with E-state index in [2.05, 4.69) is 46.4 Å². The molecule has 2 aromatic heterocycles. The van der Waals surface area contributed by atoms with Crippen LogP contribution in [0.2, 0.25) is 0 Å². The second-order valence-electron chi connectivity index (χ2n) is 4.73. The van der Waals surface area contributed by atoms with Crippen molar-refractivity contribution in [2.45, 2.75) is 20.5 Å². The molecular weight excluding hydrogens is 397 g/mol. The van der Waals surface area contributed by atoms with Gasteiger partial charge in [-0.25, -0.2) is 9.97 Å². The van der Waals surface area contributed by atoms with E-state index < -0.39 is 0 Å². The third-order valence-corrected chi connectivity index (χ3v) is 5.10. The molecular formula is C15H14IN3OS. The van der Waals surface area contributed by atoms with Gasteiger partial charge in [-0.15, -0.1) is 11.3 Å². The molecule has 21 heavy (non-hydrogen) atoms. The molecule has 0 unspecified atom stereocenters. The lowest BCUT2D eigenvalue weighted by atomic mass is 10.2. The van der Waals surface area contributed by atoms with E-state index in [9.17, 15) is 0 Å². The van der Waals surface area contributed by atoms with Crippen molar-refractivity contribution in [2.24, 2.45) is 0 Å². The lowest BCUT2D eigenvalue weighted by Gasteiger charge is -2.06. The predicted octanol–water partition coefficient (Wildman–Crippen LogP) is 4.07. The Hall–Kier alpha value is -1.41. The molecule has 0 saturated heterocycles. The highest BCUT2D eigenvalue weighted by Crippen LogP contribution is 2.31. The maximum Gasteiger partial charge on any atom is 0.169 e. The minimum absolute atomic E-state index is 0.316. The van der Waals surface area contributed by atoms with Crippen molar-refractivity contribution in [3.63, 3.8) is 0 Å². The van der Waals surface area contributed by atoms with Crippen molar-refractivity contribution >= 4 is 50.0 Å². The van der Waals surface area contributed by atoms with Crippen LogP contribution >= 0.6 is 33.9 Å². The second-order valence-corrected chi connectivity index (χ2v) is 7.18. The number of hydrogen-bond acceptors (Lipinski definition) is 5. The molecule has 108 valence electrons. The number of thiophene rings is 1. The first-order valence-electron chi connectivity index (χ1n) is 6.45. The van der Waals surface area contributed by atoms with Gasteiger partial charge in [0.05, 0.1) is 5.39 Å². The molecule has 0 spiro atoms. The first-order valence-corrected chi connectivity index (χ1v) is 8.34. The van der Waals surface area contributed by atoms with Crippen molar-refractivity contribution in [2.75, 3.05) is 5.73 Å². The van der Waals surface area contributed by atoms with E-state index in [1.54, 1.807) is 11.3 Å². The Kier molecular flexibility index (Phi) is 3.99. The van der Waals surface area contributed by atoms with Gasteiger partial charge in [0, 0.05) is 8.45 Å². The van der Waals surface area contributed by atoms with Crippen molar-refractivity contribution in [1.29, 1.82) is 0 Å². The number of aromatic nitrogens is 2. The zero-order valence-corrected chi connectivity index (χ0v) is 14.7. The number of rotatable bonds is 3. The molecule has 3 rings (SSSR count). The van der Waals surface area contributed by atoms with Gasteiger partial charge in [0.25, 0.3) is 0 Å². The summed E-state index contributed by atoms with van der Waals surface area (Å²) < 4.78 is 6.88. The quantitative estimate of drug-likeness (QED) is 0.660. The lowest BCUT2D eigenvalue weighted by Crippen LogP contribution is -2.04. The van der Waals surface area contributed by atoms with Crippen LogP contribution in [0.5, 0.6) is 5.75 Å². The van der Waals surface area contributed by atoms with Gasteiger partial charge >= 0.3 is 0 Å². The molecule has 0 bridgehead atoms. The molecule has 1 aromatic carbocycles. The first kappa shape index (κ1) is 14.5. The van der Waals surface area contributed by atoms with Gasteiger partial charge in [-0.2, -0.15) is 0 Å². The normalized spacial score (nSPS) is 11.0. The summed E-state index contributed by atoms with van der Waals surface area (Å²) in [5.41, 5.74) is 7.22. The molecule has 0 aliphatic carbocycles. The number of anilines is 1. The highest BCUT2D eigenvalue weighted by Gasteiger charge is 2.12. The minimum Gasteiger partial charge on any atom is -0.486 e. The largest absolute Gasteiger partial charge is 0.486 e. The maximum absolute atomic E-state index is 6.06. The Labute approximate surface area is 140 Å². The molecule has 0 atom stereocenters. The predicted molar refractivity (Wildman–Crippen MR) is 94.8 cm³/mol. The molecule has 6 heteroatoms. The summed E-state index contributed by atoms with van der Waals surface area (Å²) in [4.78, 5) is 11.1. The molecule has 0 aliphatic heterocycles. The Morgan fingerprint density at radius 2 is 1.90 bits per heavy atom. The number of aryl methyl sites for hydroxylation is 2. The zero-order valence-electron chi connectivity index (χ0n) is 11.7. The summed E-state index contributed by atoms with van der Waals surface area (Å²) in [6, 6.07) is 7.87. The van der Waals surface area contributed by atoms with Gasteiger partial charge in [0.15, 0.2) is 5.82 Å². The zero-order chi connectivity index (χ0) is 15.0. The van der Waals surface area contributed by atoms with Crippen molar-refractivity contribution in [3.05, 3.63) is 44.1 Å². The third kappa shape index (κ3) is 2.96. The van der Waals surface area contributed by atoms with Gasteiger partial charge in [-0.1, -0.05) is 0 Å². The SMILES string of the molecule is Cc1sc2nc(COc3ccc(I)cc3)nc(N)c2c1C. The van der Waals surface area contributed by atoms with E-state index in [-0.39, 0.29) is 0 Å². The number of fused-ring (bicyclic) bond motifs is 1. The van der Waals surface area contributed by atoms with E-state index in [1.807, 2.05) is 24.3 Å². The number of halogens is 1. The fourth-order valence-electron chi connectivity index (χ4n) is 2.07.